The highest BCUT2D eigenvalue weighted by Gasteiger charge is 2.28. The molecule has 0 saturated carbocycles. The molecule has 0 bridgehead atoms. The average Bonchev–Trinajstić information content (AvgIpc) is 3.24. The van der Waals surface area contributed by atoms with E-state index in [1.807, 2.05) is 4.68 Å². The van der Waals surface area contributed by atoms with Crippen LogP contribution in [0.3, 0.4) is 0 Å². The van der Waals surface area contributed by atoms with Crippen LogP contribution in [0.1, 0.15) is 41.9 Å². The van der Waals surface area contributed by atoms with Gasteiger partial charge in [0.05, 0.1) is 6.04 Å². The summed E-state index contributed by atoms with van der Waals surface area (Å²) in [6.45, 7) is 11.6. The Hall–Kier alpha value is -2.73. The Morgan fingerprint density at radius 3 is 2.43 bits per heavy atom. The second-order valence-electron chi connectivity index (χ2n) is 8.16. The number of benzene rings is 2. The van der Waals surface area contributed by atoms with Gasteiger partial charge in [0.2, 0.25) is 0 Å². The van der Waals surface area contributed by atoms with E-state index >= 15 is 0 Å². The minimum Gasteiger partial charge on any atom is -0.369 e. The van der Waals surface area contributed by atoms with Crippen LogP contribution in [0.4, 0.5) is 5.69 Å². The molecule has 1 unspecified atom stereocenters. The summed E-state index contributed by atoms with van der Waals surface area (Å²) in [6, 6.07) is 17.4. The summed E-state index contributed by atoms with van der Waals surface area (Å²) < 4.78 is 2.00. The van der Waals surface area contributed by atoms with Crippen LogP contribution in [0.25, 0.3) is 0 Å². The zero-order valence-electron chi connectivity index (χ0n) is 18.3. The van der Waals surface area contributed by atoms with Gasteiger partial charge in [0.25, 0.3) is 0 Å². The maximum absolute atomic E-state index is 4.42. The molecule has 0 spiro atoms. The number of aryl methyl sites for hydroxylation is 3. The fraction of sp³-hybridized carbons (Fsp3) is 0.458. The first-order chi connectivity index (χ1) is 14.7. The first kappa shape index (κ1) is 20.5. The van der Waals surface area contributed by atoms with Gasteiger partial charge in [-0.05, 0) is 59.9 Å². The van der Waals surface area contributed by atoms with Crippen molar-refractivity contribution < 1.29 is 0 Å². The summed E-state index contributed by atoms with van der Waals surface area (Å²) in [6.07, 6.45) is 1.95. The zero-order valence-corrected chi connectivity index (χ0v) is 18.3. The molecule has 1 fully saturated rings. The van der Waals surface area contributed by atoms with Gasteiger partial charge in [-0.15, -0.1) is 5.10 Å². The van der Waals surface area contributed by atoms with Crippen molar-refractivity contribution in [2.75, 3.05) is 31.1 Å². The highest BCUT2D eigenvalue weighted by molar-refractivity contribution is 5.56. The van der Waals surface area contributed by atoms with Crippen molar-refractivity contribution >= 4 is 5.69 Å². The molecule has 0 amide bonds. The molecule has 3 aromatic rings. The number of rotatable bonds is 7. The molecule has 2 aromatic carbocycles. The van der Waals surface area contributed by atoms with Gasteiger partial charge in [0.1, 0.15) is 0 Å². The molecule has 2 heterocycles. The summed E-state index contributed by atoms with van der Waals surface area (Å²) in [5, 5.41) is 12.7. The van der Waals surface area contributed by atoms with Crippen LogP contribution in [0.2, 0.25) is 0 Å². The highest BCUT2D eigenvalue weighted by atomic mass is 15.5. The number of hydrogen-bond acceptors (Lipinski definition) is 5. The Balaban J connectivity index is 1.42. The van der Waals surface area contributed by atoms with E-state index in [0.29, 0.717) is 0 Å². The second-order valence-corrected chi connectivity index (χ2v) is 8.16. The predicted octanol–water partition coefficient (Wildman–Crippen LogP) is 3.81. The number of anilines is 1. The fourth-order valence-corrected chi connectivity index (χ4v) is 4.45. The Morgan fingerprint density at radius 1 is 0.933 bits per heavy atom. The monoisotopic (exact) mass is 404 g/mol. The lowest BCUT2D eigenvalue weighted by Crippen LogP contribution is -2.48. The maximum Gasteiger partial charge on any atom is 0.168 e. The van der Waals surface area contributed by atoms with Gasteiger partial charge in [-0.1, -0.05) is 49.4 Å². The molecule has 6 nitrogen and oxygen atoms in total. The van der Waals surface area contributed by atoms with E-state index in [9.17, 15) is 0 Å². The molecule has 0 N–H and O–H groups in total. The van der Waals surface area contributed by atoms with E-state index in [4.69, 9.17) is 0 Å². The van der Waals surface area contributed by atoms with Crippen LogP contribution in [0, 0.1) is 13.8 Å². The molecule has 0 radical (unpaired) electrons. The quantitative estimate of drug-likeness (QED) is 0.599. The normalized spacial score (nSPS) is 16.0. The smallest absolute Gasteiger partial charge is 0.168 e. The molecule has 0 aliphatic carbocycles. The zero-order chi connectivity index (χ0) is 20.9. The van der Waals surface area contributed by atoms with Crippen LogP contribution in [-0.2, 0) is 13.0 Å². The van der Waals surface area contributed by atoms with E-state index in [-0.39, 0.29) is 6.04 Å². The summed E-state index contributed by atoms with van der Waals surface area (Å²) in [7, 11) is 0. The lowest BCUT2D eigenvalue weighted by Gasteiger charge is -2.40. The van der Waals surface area contributed by atoms with Gasteiger partial charge in [0, 0.05) is 38.4 Å². The topological polar surface area (TPSA) is 50.1 Å². The molecule has 1 aromatic heterocycles. The number of tetrazole rings is 1. The molecule has 1 aliphatic heterocycles. The molecule has 4 rings (SSSR count). The third kappa shape index (κ3) is 4.38. The van der Waals surface area contributed by atoms with E-state index in [1.165, 1.54) is 22.4 Å². The van der Waals surface area contributed by atoms with Crippen LogP contribution in [0.5, 0.6) is 0 Å². The second kappa shape index (κ2) is 9.39. The number of hydrogen-bond donors (Lipinski definition) is 0. The molecular formula is C24H32N6. The van der Waals surface area contributed by atoms with Gasteiger partial charge < -0.3 is 4.90 Å². The molecule has 1 saturated heterocycles. The molecule has 6 heteroatoms. The largest absolute Gasteiger partial charge is 0.369 e. The van der Waals surface area contributed by atoms with Crippen molar-refractivity contribution in [3.05, 3.63) is 71.0 Å². The number of aromatic nitrogens is 4. The number of nitrogens with zero attached hydrogens (tertiary/aromatic N) is 6. The molecule has 1 atom stereocenters. The Bertz CT molecular complexity index is 943. The van der Waals surface area contributed by atoms with Crippen LogP contribution < -0.4 is 4.90 Å². The van der Waals surface area contributed by atoms with Crippen LogP contribution >= 0.6 is 0 Å². The summed E-state index contributed by atoms with van der Waals surface area (Å²) in [5.41, 5.74) is 5.44. The van der Waals surface area contributed by atoms with E-state index < -0.39 is 0 Å². The van der Waals surface area contributed by atoms with Gasteiger partial charge >= 0.3 is 0 Å². The molecule has 1 aliphatic rings. The standard InChI is InChI=1S/C24H32N6/c1-4-22(24-25-26-27-30(24)14-13-21-10-6-5-7-11-21)28-15-17-29(18-16-28)23-12-8-9-19(2)20(23)3/h5-12,22H,4,13-18H2,1-3H3. The number of piperazine rings is 1. The molecule has 30 heavy (non-hydrogen) atoms. The third-order valence-electron chi connectivity index (χ3n) is 6.37. The predicted molar refractivity (Wildman–Crippen MR) is 121 cm³/mol. The lowest BCUT2D eigenvalue weighted by atomic mass is 10.1. The van der Waals surface area contributed by atoms with E-state index in [0.717, 1.165) is 51.4 Å². The highest BCUT2D eigenvalue weighted by Crippen LogP contribution is 2.28. The van der Waals surface area contributed by atoms with Crippen LogP contribution in [-0.4, -0.2) is 51.3 Å². The van der Waals surface area contributed by atoms with E-state index in [2.05, 4.69) is 94.6 Å². The molecular weight excluding hydrogens is 372 g/mol. The molecule has 158 valence electrons. The van der Waals surface area contributed by atoms with Gasteiger partial charge in [0.15, 0.2) is 5.82 Å². The van der Waals surface area contributed by atoms with Gasteiger partial charge in [-0.2, -0.15) is 0 Å². The Kier molecular flexibility index (Phi) is 6.43. The fourth-order valence-electron chi connectivity index (χ4n) is 4.45. The van der Waals surface area contributed by atoms with Gasteiger partial charge in [-0.25, -0.2) is 4.68 Å². The summed E-state index contributed by atoms with van der Waals surface area (Å²) >= 11 is 0. The third-order valence-corrected chi connectivity index (χ3v) is 6.37. The van der Waals surface area contributed by atoms with Crippen molar-refractivity contribution in [2.24, 2.45) is 0 Å². The van der Waals surface area contributed by atoms with Crippen LogP contribution in [0.15, 0.2) is 48.5 Å². The van der Waals surface area contributed by atoms with Crippen molar-refractivity contribution in [1.82, 2.24) is 25.1 Å². The first-order valence-corrected chi connectivity index (χ1v) is 11.0. The van der Waals surface area contributed by atoms with Crippen molar-refractivity contribution in [1.29, 1.82) is 0 Å². The first-order valence-electron chi connectivity index (χ1n) is 11.0. The van der Waals surface area contributed by atoms with Gasteiger partial charge in [-0.3, -0.25) is 4.90 Å². The van der Waals surface area contributed by atoms with Crippen molar-refractivity contribution in [2.45, 2.75) is 46.2 Å². The maximum atomic E-state index is 4.42. The minimum absolute atomic E-state index is 0.261. The minimum atomic E-state index is 0.261. The summed E-state index contributed by atoms with van der Waals surface area (Å²) in [4.78, 5) is 5.07. The van der Waals surface area contributed by atoms with E-state index in [1.54, 1.807) is 0 Å². The lowest BCUT2D eigenvalue weighted by molar-refractivity contribution is 0.169. The van der Waals surface area contributed by atoms with Crippen molar-refractivity contribution in [3.63, 3.8) is 0 Å². The Morgan fingerprint density at radius 2 is 1.70 bits per heavy atom. The summed E-state index contributed by atoms with van der Waals surface area (Å²) in [5.74, 6) is 0.994. The average molecular weight is 405 g/mol. The Labute approximate surface area is 179 Å². The van der Waals surface area contributed by atoms with Crippen molar-refractivity contribution in [3.8, 4) is 0 Å². The SMILES string of the molecule is CCC(c1nnnn1CCc1ccccc1)N1CCN(c2cccc(C)c2C)CC1.